The molecule has 0 N–H and O–H groups in total. The number of carbonyl (C=O) groups is 1. The number of carbonyl (C=O) groups excluding carboxylic acids is 1. The molecular weight excluding hydrogens is 236 g/mol. The molecule has 1 heterocycles. The summed E-state index contributed by atoms with van der Waals surface area (Å²) in [5.74, 6) is 1.06. The first-order chi connectivity index (χ1) is 7.11. The molecule has 0 aromatic rings. The molecule has 0 amide bonds. The van der Waals surface area contributed by atoms with E-state index in [4.69, 9.17) is 4.74 Å². The SMILES string of the molecule is COC1CC(=O)CCC12[S@](=O)CC[S@]2=O. The molecule has 1 saturated carbocycles. The molecule has 2 aliphatic rings. The lowest BCUT2D eigenvalue weighted by molar-refractivity contribution is -0.123. The molecule has 0 aromatic heterocycles. The number of hydrogen-bond acceptors (Lipinski definition) is 4. The van der Waals surface area contributed by atoms with Crippen LogP contribution in [0.2, 0.25) is 0 Å². The van der Waals surface area contributed by atoms with E-state index in [1.54, 1.807) is 0 Å². The topological polar surface area (TPSA) is 60.4 Å². The second-order valence-electron chi connectivity index (χ2n) is 3.88. The summed E-state index contributed by atoms with van der Waals surface area (Å²) in [7, 11) is -0.743. The van der Waals surface area contributed by atoms with Crippen LogP contribution in [0.1, 0.15) is 19.3 Å². The fourth-order valence-corrected chi connectivity index (χ4v) is 7.16. The van der Waals surface area contributed by atoms with Crippen LogP contribution in [-0.4, -0.2) is 43.0 Å². The van der Waals surface area contributed by atoms with Gasteiger partial charge in [0.1, 0.15) is 9.86 Å². The van der Waals surface area contributed by atoms with Crippen molar-refractivity contribution in [3.63, 3.8) is 0 Å². The number of Topliss-reactive ketones (excluding diaryl/α,β-unsaturated/α-hetero) is 1. The molecule has 4 nitrogen and oxygen atoms in total. The highest BCUT2D eigenvalue weighted by molar-refractivity contribution is 8.07. The predicted molar refractivity (Wildman–Crippen MR) is 58.4 cm³/mol. The van der Waals surface area contributed by atoms with Crippen molar-refractivity contribution in [2.24, 2.45) is 0 Å². The van der Waals surface area contributed by atoms with Crippen LogP contribution >= 0.6 is 0 Å². The van der Waals surface area contributed by atoms with Gasteiger partial charge in [0.15, 0.2) is 0 Å². The number of ether oxygens (including phenoxy) is 1. The van der Waals surface area contributed by atoms with E-state index in [-0.39, 0.29) is 12.2 Å². The molecule has 0 bridgehead atoms. The lowest BCUT2D eigenvalue weighted by Gasteiger charge is -2.36. The molecule has 1 aliphatic carbocycles. The highest BCUT2D eigenvalue weighted by atomic mass is 32.3. The van der Waals surface area contributed by atoms with Crippen molar-refractivity contribution in [2.45, 2.75) is 29.4 Å². The van der Waals surface area contributed by atoms with E-state index >= 15 is 0 Å². The van der Waals surface area contributed by atoms with E-state index in [1.807, 2.05) is 0 Å². The van der Waals surface area contributed by atoms with Crippen LogP contribution in [0.15, 0.2) is 0 Å². The van der Waals surface area contributed by atoms with E-state index < -0.39 is 31.8 Å². The summed E-state index contributed by atoms with van der Waals surface area (Å²) in [4.78, 5) is 11.3. The van der Waals surface area contributed by atoms with Gasteiger partial charge in [-0.2, -0.15) is 0 Å². The van der Waals surface area contributed by atoms with E-state index in [2.05, 4.69) is 0 Å². The number of methoxy groups -OCH3 is 1. The Morgan fingerprint density at radius 2 is 1.93 bits per heavy atom. The van der Waals surface area contributed by atoms with Gasteiger partial charge >= 0.3 is 0 Å². The minimum absolute atomic E-state index is 0.119. The second-order valence-corrected chi connectivity index (χ2v) is 7.79. The van der Waals surface area contributed by atoms with Crippen LogP contribution in [0.3, 0.4) is 0 Å². The largest absolute Gasteiger partial charge is 0.378 e. The first-order valence-corrected chi connectivity index (χ1v) is 7.56. The van der Waals surface area contributed by atoms with Crippen LogP contribution in [0, 0.1) is 0 Å². The molecule has 0 radical (unpaired) electrons. The zero-order chi connectivity index (χ0) is 11.1. The summed E-state index contributed by atoms with van der Waals surface area (Å²) in [6.07, 6.45) is 0.664. The fourth-order valence-electron chi connectivity index (χ4n) is 2.32. The van der Waals surface area contributed by atoms with Crippen LogP contribution in [-0.2, 0) is 31.1 Å². The highest BCUT2D eigenvalue weighted by Crippen LogP contribution is 2.40. The number of rotatable bonds is 1. The average Bonchev–Trinajstić information content (AvgIpc) is 2.50. The molecule has 1 unspecified atom stereocenters. The average molecular weight is 250 g/mol. The van der Waals surface area contributed by atoms with E-state index in [1.165, 1.54) is 7.11 Å². The van der Waals surface area contributed by atoms with E-state index in [9.17, 15) is 13.2 Å². The smallest absolute Gasteiger partial charge is 0.147 e. The molecular formula is C9H14O4S2. The minimum atomic E-state index is -1.12. The van der Waals surface area contributed by atoms with Crippen molar-refractivity contribution in [3.8, 4) is 0 Å². The van der Waals surface area contributed by atoms with Gasteiger partial charge in [-0.05, 0) is 6.42 Å². The molecule has 1 aliphatic heterocycles. The Morgan fingerprint density at radius 3 is 2.47 bits per heavy atom. The summed E-state index contributed by atoms with van der Waals surface area (Å²) in [5, 5.41) is 0. The quantitative estimate of drug-likeness (QED) is 0.655. The second kappa shape index (κ2) is 4.07. The van der Waals surface area contributed by atoms with Gasteiger partial charge in [-0.3, -0.25) is 13.2 Å². The Bertz CT molecular complexity index is 323. The third-order valence-corrected chi connectivity index (χ3v) is 8.16. The third kappa shape index (κ3) is 1.62. The Labute approximate surface area is 93.7 Å². The number of ketones is 1. The molecule has 2 fully saturated rings. The van der Waals surface area contributed by atoms with E-state index in [0.717, 1.165) is 0 Å². The normalized spacial score (nSPS) is 39.8. The molecule has 1 saturated heterocycles. The maximum atomic E-state index is 12.0. The molecule has 1 spiro atoms. The zero-order valence-corrected chi connectivity index (χ0v) is 10.2. The van der Waals surface area contributed by atoms with Crippen molar-refractivity contribution >= 4 is 27.4 Å². The molecule has 86 valence electrons. The Kier molecular flexibility index (Phi) is 3.10. The Balaban J connectivity index is 2.36. The summed E-state index contributed by atoms with van der Waals surface area (Å²) < 4.78 is 28.4. The van der Waals surface area contributed by atoms with Crippen LogP contribution in [0.25, 0.3) is 0 Å². The highest BCUT2D eigenvalue weighted by Gasteiger charge is 2.56. The first-order valence-electron chi connectivity index (χ1n) is 4.92. The first kappa shape index (κ1) is 11.4. The van der Waals surface area contributed by atoms with Crippen LogP contribution in [0.5, 0.6) is 0 Å². The predicted octanol–water partition coefficient (Wildman–Crippen LogP) is -0.0383. The van der Waals surface area contributed by atoms with Crippen molar-refractivity contribution in [1.29, 1.82) is 0 Å². The van der Waals surface area contributed by atoms with Gasteiger partial charge in [0, 0.05) is 53.1 Å². The van der Waals surface area contributed by atoms with Gasteiger partial charge in [-0.1, -0.05) is 0 Å². The zero-order valence-electron chi connectivity index (χ0n) is 8.56. The number of hydrogen-bond donors (Lipinski definition) is 0. The molecule has 2 rings (SSSR count). The van der Waals surface area contributed by atoms with Gasteiger partial charge in [0.05, 0.1) is 6.10 Å². The third-order valence-electron chi connectivity index (χ3n) is 3.17. The monoisotopic (exact) mass is 250 g/mol. The summed E-state index contributed by atoms with van der Waals surface area (Å²) in [5.41, 5.74) is 0. The van der Waals surface area contributed by atoms with Gasteiger partial charge in [-0.15, -0.1) is 0 Å². The molecule has 0 aromatic carbocycles. The Hall–Kier alpha value is -0.0700. The van der Waals surface area contributed by atoms with E-state index in [0.29, 0.717) is 24.3 Å². The fraction of sp³-hybridized carbons (Fsp3) is 0.889. The lowest BCUT2D eigenvalue weighted by Crippen LogP contribution is -2.51. The molecule has 15 heavy (non-hydrogen) atoms. The lowest BCUT2D eigenvalue weighted by atomic mass is 9.95. The molecule has 6 heteroatoms. The standard InChI is InChI=1S/C9H14O4S2/c1-13-8-6-7(10)2-3-9(8)14(11)4-5-15(9)12/h8H,2-6H2,1H3/t8?,14-,15-/m1/s1. The summed E-state index contributed by atoms with van der Waals surface area (Å²) in [6.45, 7) is 0. The minimum Gasteiger partial charge on any atom is -0.378 e. The van der Waals surface area contributed by atoms with Crippen molar-refractivity contribution in [1.82, 2.24) is 0 Å². The van der Waals surface area contributed by atoms with Gasteiger partial charge < -0.3 is 4.74 Å². The van der Waals surface area contributed by atoms with Crippen molar-refractivity contribution in [2.75, 3.05) is 18.6 Å². The van der Waals surface area contributed by atoms with Gasteiger partial charge in [0.25, 0.3) is 0 Å². The maximum absolute atomic E-state index is 12.0. The van der Waals surface area contributed by atoms with Crippen molar-refractivity contribution in [3.05, 3.63) is 0 Å². The van der Waals surface area contributed by atoms with Gasteiger partial charge in [0.2, 0.25) is 0 Å². The van der Waals surface area contributed by atoms with Crippen molar-refractivity contribution < 1.29 is 17.9 Å². The summed E-state index contributed by atoms with van der Waals surface area (Å²) in [6, 6.07) is 0. The Morgan fingerprint density at radius 1 is 1.33 bits per heavy atom. The maximum Gasteiger partial charge on any atom is 0.147 e. The van der Waals surface area contributed by atoms with Crippen LogP contribution < -0.4 is 0 Å². The van der Waals surface area contributed by atoms with Crippen LogP contribution in [0.4, 0.5) is 0 Å². The molecule has 3 atom stereocenters. The summed E-state index contributed by atoms with van der Waals surface area (Å²) >= 11 is 0. The van der Waals surface area contributed by atoms with Gasteiger partial charge in [-0.25, -0.2) is 0 Å².